The summed E-state index contributed by atoms with van der Waals surface area (Å²) < 4.78 is 0. The molecule has 0 fully saturated rings. The third-order valence-electron chi connectivity index (χ3n) is 5.41. The highest BCUT2D eigenvalue weighted by Gasteiger charge is 2.28. The quantitative estimate of drug-likeness (QED) is 0.626. The van der Waals surface area contributed by atoms with E-state index in [1.807, 2.05) is 0 Å². The van der Waals surface area contributed by atoms with E-state index >= 15 is 0 Å². The van der Waals surface area contributed by atoms with Crippen molar-refractivity contribution in [3.8, 4) is 11.1 Å². The number of hydrogen-bond acceptors (Lipinski definition) is 0. The summed E-state index contributed by atoms with van der Waals surface area (Å²) in [6.07, 6.45) is 6.30. The van der Waals surface area contributed by atoms with Gasteiger partial charge in [0.2, 0.25) is 0 Å². The Hall–Kier alpha value is -1.60. The second-order valence-electron chi connectivity index (χ2n) is 7.23. The molecule has 23 heavy (non-hydrogen) atoms. The van der Waals surface area contributed by atoms with Gasteiger partial charge in [-0.15, -0.1) is 0 Å². The third-order valence-corrected chi connectivity index (χ3v) is 6.75. The standard InChI is InChI=1S/C22H24Si/c1-13-8-14(2)10-17(9-13)21-18-7-5-6-16(18)12-20-19(21)11-15(3)22(20)23-4/h8-12,22H,5-7H2,1-4H3. The first kappa shape index (κ1) is 15.0. The predicted molar refractivity (Wildman–Crippen MR) is 101 cm³/mol. The first-order valence-corrected chi connectivity index (χ1v) is 10.3. The van der Waals surface area contributed by atoms with Crippen molar-refractivity contribution in [2.45, 2.75) is 52.1 Å². The zero-order valence-electron chi connectivity index (χ0n) is 14.6. The van der Waals surface area contributed by atoms with Crippen LogP contribution in [0.2, 0.25) is 6.55 Å². The summed E-state index contributed by atoms with van der Waals surface area (Å²) >= 11 is 0. The fourth-order valence-electron chi connectivity index (χ4n) is 4.57. The first-order chi connectivity index (χ1) is 11.1. The van der Waals surface area contributed by atoms with Crippen LogP contribution in [0.4, 0.5) is 0 Å². The van der Waals surface area contributed by atoms with E-state index in [1.165, 1.54) is 41.5 Å². The fraction of sp³-hybridized carbons (Fsp3) is 0.364. The molecule has 0 nitrogen and oxygen atoms in total. The molecule has 0 N–H and O–H groups in total. The van der Waals surface area contributed by atoms with Gasteiger partial charge in [-0.05, 0) is 79.0 Å². The molecule has 2 aromatic carbocycles. The van der Waals surface area contributed by atoms with Gasteiger partial charge >= 0.3 is 0 Å². The Bertz CT molecular complexity index is 806. The Labute approximate surface area is 142 Å². The maximum absolute atomic E-state index is 2.54. The summed E-state index contributed by atoms with van der Waals surface area (Å²) in [4.78, 5) is 0. The smallest absolute Gasteiger partial charge is 0.0496 e. The van der Waals surface area contributed by atoms with E-state index in [4.69, 9.17) is 0 Å². The van der Waals surface area contributed by atoms with E-state index in [1.54, 1.807) is 27.8 Å². The van der Waals surface area contributed by atoms with E-state index in [2.05, 4.69) is 57.7 Å². The molecule has 116 valence electrons. The SMILES string of the molecule is C[Si]C1C(C)=Cc2c1cc1c(c2-c2cc(C)cc(C)c2)CCC1. The molecule has 0 heterocycles. The molecule has 2 aromatic rings. The van der Waals surface area contributed by atoms with Crippen LogP contribution in [-0.2, 0) is 12.8 Å². The Morgan fingerprint density at radius 3 is 2.39 bits per heavy atom. The molecular formula is C22H24Si. The molecule has 0 saturated heterocycles. The van der Waals surface area contributed by atoms with Gasteiger partial charge in [0.1, 0.15) is 0 Å². The average Bonchev–Trinajstić information content (AvgIpc) is 3.06. The van der Waals surface area contributed by atoms with Gasteiger partial charge in [0.05, 0.1) is 0 Å². The van der Waals surface area contributed by atoms with Crippen LogP contribution in [0.1, 0.15) is 52.3 Å². The van der Waals surface area contributed by atoms with Crippen LogP contribution >= 0.6 is 0 Å². The van der Waals surface area contributed by atoms with Gasteiger partial charge in [-0.25, -0.2) is 0 Å². The molecule has 2 radical (unpaired) electrons. The van der Waals surface area contributed by atoms with E-state index in [0.29, 0.717) is 5.54 Å². The van der Waals surface area contributed by atoms with Gasteiger partial charge < -0.3 is 0 Å². The number of hydrogen-bond donors (Lipinski definition) is 0. The number of fused-ring (bicyclic) bond motifs is 2. The molecule has 4 rings (SSSR count). The minimum Gasteiger partial charge on any atom is -0.0724 e. The highest BCUT2D eigenvalue weighted by atomic mass is 28.2. The minimum absolute atomic E-state index is 0.653. The lowest BCUT2D eigenvalue weighted by Gasteiger charge is -2.18. The van der Waals surface area contributed by atoms with Gasteiger partial charge in [0, 0.05) is 9.52 Å². The maximum atomic E-state index is 2.54. The van der Waals surface area contributed by atoms with Crippen LogP contribution < -0.4 is 0 Å². The lowest BCUT2D eigenvalue weighted by Crippen LogP contribution is -2.05. The zero-order valence-corrected chi connectivity index (χ0v) is 15.6. The van der Waals surface area contributed by atoms with Crippen molar-refractivity contribution in [3.05, 3.63) is 63.2 Å². The molecule has 0 aliphatic heterocycles. The van der Waals surface area contributed by atoms with Crippen molar-refractivity contribution >= 4 is 15.6 Å². The molecular weight excluding hydrogens is 292 g/mol. The van der Waals surface area contributed by atoms with Crippen LogP contribution in [0.3, 0.4) is 0 Å². The second-order valence-corrected chi connectivity index (χ2v) is 8.39. The zero-order chi connectivity index (χ0) is 16.1. The molecule has 0 bridgehead atoms. The van der Waals surface area contributed by atoms with Crippen molar-refractivity contribution in [1.82, 2.24) is 0 Å². The van der Waals surface area contributed by atoms with Gasteiger partial charge in [-0.3, -0.25) is 0 Å². The molecule has 0 aromatic heterocycles. The largest absolute Gasteiger partial charge is 0.0724 e. The van der Waals surface area contributed by atoms with Crippen LogP contribution in [0.15, 0.2) is 29.8 Å². The molecule has 2 aliphatic carbocycles. The summed E-state index contributed by atoms with van der Waals surface area (Å²) in [6, 6.07) is 9.58. The third kappa shape index (κ3) is 2.33. The van der Waals surface area contributed by atoms with Gasteiger partial charge in [0.15, 0.2) is 0 Å². The normalized spacial score (nSPS) is 18.8. The Kier molecular flexibility index (Phi) is 3.57. The average molecular weight is 317 g/mol. The van der Waals surface area contributed by atoms with Crippen molar-refractivity contribution in [2.75, 3.05) is 0 Å². The van der Waals surface area contributed by atoms with Gasteiger partial charge in [-0.2, -0.15) is 0 Å². The van der Waals surface area contributed by atoms with Crippen molar-refractivity contribution in [2.24, 2.45) is 0 Å². The number of benzene rings is 2. The van der Waals surface area contributed by atoms with Crippen LogP contribution in [0.25, 0.3) is 17.2 Å². The maximum Gasteiger partial charge on any atom is 0.0496 e. The van der Waals surface area contributed by atoms with Crippen molar-refractivity contribution in [1.29, 1.82) is 0 Å². The fourth-order valence-corrected chi connectivity index (χ4v) is 5.66. The summed E-state index contributed by atoms with van der Waals surface area (Å²) in [5, 5.41) is 0. The van der Waals surface area contributed by atoms with E-state index in [9.17, 15) is 0 Å². The van der Waals surface area contributed by atoms with E-state index in [0.717, 1.165) is 9.52 Å². The highest BCUT2D eigenvalue weighted by Crippen LogP contribution is 2.45. The summed E-state index contributed by atoms with van der Waals surface area (Å²) in [5.41, 5.74) is 14.3. The van der Waals surface area contributed by atoms with Crippen molar-refractivity contribution in [3.63, 3.8) is 0 Å². The van der Waals surface area contributed by atoms with E-state index < -0.39 is 0 Å². The minimum atomic E-state index is 0.653. The molecule has 0 spiro atoms. The second kappa shape index (κ2) is 5.49. The Morgan fingerprint density at radius 1 is 0.957 bits per heavy atom. The molecule has 1 atom stereocenters. The van der Waals surface area contributed by atoms with E-state index in [-0.39, 0.29) is 0 Å². The predicted octanol–water partition coefficient (Wildman–Crippen LogP) is 5.67. The summed E-state index contributed by atoms with van der Waals surface area (Å²) in [5.74, 6) is 0. The van der Waals surface area contributed by atoms with Crippen molar-refractivity contribution < 1.29 is 0 Å². The van der Waals surface area contributed by atoms with Gasteiger partial charge in [0.25, 0.3) is 0 Å². The molecule has 0 saturated carbocycles. The molecule has 1 heteroatoms. The molecule has 0 amide bonds. The number of rotatable bonds is 2. The summed E-state index contributed by atoms with van der Waals surface area (Å²) in [7, 11) is 0.955. The summed E-state index contributed by atoms with van der Waals surface area (Å²) in [6.45, 7) is 9.10. The molecule has 2 aliphatic rings. The molecule has 1 unspecified atom stereocenters. The van der Waals surface area contributed by atoms with Crippen LogP contribution in [-0.4, -0.2) is 9.52 Å². The van der Waals surface area contributed by atoms with Crippen LogP contribution in [0.5, 0.6) is 0 Å². The number of aryl methyl sites for hydroxylation is 3. The van der Waals surface area contributed by atoms with Gasteiger partial charge in [-0.1, -0.05) is 53.6 Å². The lowest BCUT2D eigenvalue weighted by atomic mass is 9.88. The lowest BCUT2D eigenvalue weighted by molar-refractivity contribution is 0.911. The number of allylic oxidation sites excluding steroid dienone is 1. The Balaban J connectivity index is 2.03. The topological polar surface area (TPSA) is 0 Å². The van der Waals surface area contributed by atoms with Crippen LogP contribution in [0, 0.1) is 13.8 Å². The monoisotopic (exact) mass is 316 g/mol. The first-order valence-electron chi connectivity index (χ1n) is 8.71. The highest BCUT2D eigenvalue weighted by molar-refractivity contribution is 6.38. The Morgan fingerprint density at radius 2 is 1.70 bits per heavy atom.